The van der Waals surface area contributed by atoms with E-state index in [2.05, 4.69) is 6.58 Å². The molecule has 1 aliphatic heterocycles. The Bertz CT molecular complexity index is 283. The van der Waals surface area contributed by atoms with Gasteiger partial charge in [0.1, 0.15) is 6.10 Å². The molecule has 18 heavy (non-hydrogen) atoms. The van der Waals surface area contributed by atoms with Gasteiger partial charge in [-0.1, -0.05) is 32.8 Å². The Hall–Kier alpha value is -0.380. The van der Waals surface area contributed by atoms with Gasteiger partial charge in [-0.3, -0.25) is 0 Å². The molecule has 1 aliphatic carbocycles. The van der Waals surface area contributed by atoms with Crippen molar-refractivity contribution in [2.75, 3.05) is 6.61 Å². The molecule has 0 aromatic heterocycles. The van der Waals surface area contributed by atoms with E-state index >= 15 is 0 Å². The molecule has 1 saturated heterocycles. The van der Waals surface area contributed by atoms with Crippen molar-refractivity contribution >= 4 is 0 Å². The third kappa shape index (κ3) is 2.95. The molecule has 0 amide bonds. The summed E-state index contributed by atoms with van der Waals surface area (Å²) in [6.45, 7) is 6.12. The molecule has 0 unspecified atom stereocenters. The van der Waals surface area contributed by atoms with Gasteiger partial charge in [-0.25, -0.2) is 0 Å². The second-order valence-corrected chi connectivity index (χ2v) is 6.00. The number of aliphatic hydroxyl groups excluding tert-OH is 2. The first-order valence-corrected chi connectivity index (χ1v) is 7.25. The van der Waals surface area contributed by atoms with Crippen LogP contribution in [-0.4, -0.2) is 35.1 Å². The van der Waals surface area contributed by atoms with Crippen LogP contribution >= 0.6 is 0 Å². The molecule has 2 rings (SSSR count). The van der Waals surface area contributed by atoms with E-state index in [-0.39, 0.29) is 24.7 Å². The van der Waals surface area contributed by atoms with Gasteiger partial charge in [0.2, 0.25) is 0 Å². The van der Waals surface area contributed by atoms with Gasteiger partial charge in [0.05, 0.1) is 12.2 Å². The van der Waals surface area contributed by atoms with Crippen molar-refractivity contribution in [1.29, 1.82) is 0 Å². The Balaban J connectivity index is 2.04. The highest BCUT2D eigenvalue weighted by Gasteiger charge is 2.39. The highest BCUT2D eigenvalue weighted by atomic mass is 16.5. The van der Waals surface area contributed by atoms with Crippen LogP contribution in [0.3, 0.4) is 0 Å². The SMILES string of the molecule is C=C1C[C@@H]([C@@H](C)CO)O[C@@H](C2CCCCC2)[C@@H]1O. The van der Waals surface area contributed by atoms with Crippen LogP contribution in [0, 0.1) is 11.8 Å². The summed E-state index contributed by atoms with van der Waals surface area (Å²) in [5.41, 5.74) is 0.877. The zero-order chi connectivity index (χ0) is 13.1. The van der Waals surface area contributed by atoms with Crippen molar-refractivity contribution in [2.45, 2.75) is 63.8 Å². The van der Waals surface area contributed by atoms with Gasteiger partial charge in [-0.15, -0.1) is 0 Å². The number of hydrogen-bond acceptors (Lipinski definition) is 3. The van der Waals surface area contributed by atoms with E-state index in [0.717, 1.165) is 18.4 Å². The fourth-order valence-electron chi connectivity index (χ4n) is 3.22. The van der Waals surface area contributed by atoms with Crippen LogP contribution in [0.2, 0.25) is 0 Å². The second kappa shape index (κ2) is 6.18. The number of hydrogen-bond donors (Lipinski definition) is 2. The summed E-state index contributed by atoms with van der Waals surface area (Å²) in [7, 11) is 0. The van der Waals surface area contributed by atoms with Crippen LogP contribution in [0.4, 0.5) is 0 Å². The molecule has 1 heterocycles. The lowest BCUT2D eigenvalue weighted by Crippen LogP contribution is -2.47. The summed E-state index contributed by atoms with van der Waals surface area (Å²) in [6.07, 6.45) is 6.14. The third-order valence-corrected chi connectivity index (χ3v) is 4.56. The van der Waals surface area contributed by atoms with Crippen LogP contribution < -0.4 is 0 Å². The van der Waals surface area contributed by atoms with Crippen LogP contribution in [0.5, 0.6) is 0 Å². The van der Waals surface area contributed by atoms with E-state index in [1.807, 2.05) is 6.92 Å². The van der Waals surface area contributed by atoms with E-state index in [0.29, 0.717) is 12.3 Å². The minimum absolute atomic E-state index is 0.0119. The van der Waals surface area contributed by atoms with Gasteiger partial charge in [-0.05, 0) is 30.8 Å². The predicted octanol–water partition coefficient (Wildman–Crippen LogP) is 2.27. The third-order valence-electron chi connectivity index (χ3n) is 4.56. The smallest absolute Gasteiger partial charge is 0.101 e. The molecule has 2 N–H and O–H groups in total. The lowest BCUT2D eigenvalue weighted by atomic mass is 9.79. The van der Waals surface area contributed by atoms with Gasteiger partial charge >= 0.3 is 0 Å². The maximum Gasteiger partial charge on any atom is 0.101 e. The Morgan fingerprint density at radius 3 is 2.61 bits per heavy atom. The lowest BCUT2D eigenvalue weighted by molar-refractivity contribution is -0.140. The van der Waals surface area contributed by atoms with Crippen molar-refractivity contribution in [3.63, 3.8) is 0 Å². The van der Waals surface area contributed by atoms with Gasteiger partial charge in [0.15, 0.2) is 0 Å². The molecule has 3 heteroatoms. The molecule has 4 atom stereocenters. The first-order valence-electron chi connectivity index (χ1n) is 7.25. The first-order chi connectivity index (χ1) is 8.63. The average Bonchev–Trinajstić information content (AvgIpc) is 2.41. The van der Waals surface area contributed by atoms with Crippen molar-refractivity contribution in [3.05, 3.63) is 12.2 Å². The summed E-state index contributed by atoms with van der Waals surface area (Å²) in [5.74, 6) is 0.569. The maximum absolute atomic E-state index is 10.3. The van der Waals surface area contributed by atoms with E-state index in [4.69, 9.17) is 4.74 Å². The molecule has 104 valence electrons. The highest BCUT2D eigenvalue weighted by molar-refractivity contribution is 5.11. The number of rotatable bonds is 3. The zero-order valence-electron chi connectivity index (χ0n) is 11.3. The van der Waals surface area contributed by atoms with Crippen molar-refractivity contribution in [3.8, 4) is 0 Å². The summed E-state index contributed by atoms with van der Waals surface area (Å²) < 4.78 is 6.09. The monoisotopic (exact) mass is 254 g/mol. The van der Waals surface area contributed by atoms with Gasteiger partial charge in [0, 0.05) is 12.5 Å². The number of aliphatic hydroxyl groups is 2. The molecule has 0 aromatic rings. The Morgan fingerprint density at radius 2 is 2.00 bits per heavy atom. The fourth-order valence-corrected chi connectivity index (χ4v) is 3.22. The second-order valence-electron chi connectivity index (χ2n) is 6.00. The maximum atomic E-state index is 10.3. The standard InChI is InChI=1S/C15H26O3/c1-10-8-13(11(2)9-16)18-15(14(10)17)12-6-4-3-5-7-12/h11-17H,1,3-9H2,2H3/t11-,13-,14+,15-/m0/s1. The van der Waals surface area contributed by atoms with E-state index in [1.54, 1.807) is 0 Å². The molecule has 0 spiro atoms. The van der Waals surface area contributed by atoms with Crippen LogP contribution in [-0.2, 0) is 4.74 Å². The van der Waals surface area contributed by atoms with E-state index < -0.39 is 6.10 Å². The summed E-state index contributed by atoms with van der Waals surface area (Å²) >= 11 is 0. The van der Waals surface area contributed by atoms with Crippen molar-refractivity contribution < 1.29 is 14.9 Å². The Kier molecular flexibility index (Phi) is 4.82. The minimum atomic E-state index is -0.518. The average molecular weight is 254 g/mol. The molecular formula is C15H26O3. The van der Waals surface area contributed by atoms with Gasteiger partial charge in [-0.2, -0.15) is 0 Å². The molecule has 0 radical (unpaired) electrons. The summed E-state index contributed by atoms with van der Waals surface area (Å²) in [5, 5.41) is 19.5. The van der Waals surface area contributed by atoms with Gasteiger partial charge in [0.25, 0.3) is 0 Å². The Morgan fingerprint density at radius 1 is 1.33 bits per heavy atom. The van der Waals surface area contributed by atoms with Crippen LogP contribution in [0.25, 0.3) is 0 Å². The number of ether oxygens (including phenoxy) is 1. The largest absolute Gasteiger partial charge is 0.396 e. The normalized spacial score (nSPS) is 36.6. The zero-order valence-corrected chi connectivity index (χ0v) is 11.3. The molecule has 0 aromatic carbocycles. The lowest BCUT2D eigenvalue weighted by Gasteiger charge is -2.42. The topological polar surface area (TPSA) is 49.7 Å². The van der Waals surface area contributed by atoms with Crippen LogP contribution in [0.15, 0.2) is 12.2 Å². The summed E-state index contributed by atoms with van der Waals surface area (Å²) in [4.78, 5) is 0. The van der Waals surface area contributed by atoms with E-state index in [1.165, 1.54) is 19.3 Å². The molecule has 2 aliphatic rings. The molecule has 2 fully saturated rings. The summed E-state index contributed by atoms with van der Waals surface area (Å²) in [6, 6.07) is 0. The molecule has 0 bridgehead atoms. The first kappa shape index (κ1) is 14.0. The van der Waals surface area contributed by atoms with Crippen molar-refractivity contribution in [2.24, 2.45) is 11.8 Å². The van der Waals surface area contributed by atoms with Crippen LogP contribution in [0.1, 0.15) is 45.4 Å². The van der Waals surface area contributed by atoms with Crippen molar-refractivity contribution in [1.82, 2.24) is 0 Å². The molecule has 3 nitrogen and oxygen atoms in total. The fraction of sp³-hybridized carbons (Fsp3) is 0.867. The minimum Gasteiger partial charge on any atom is -0.396 e. The van der Waals surface area contributed by atoms with E-state index in [9.17, 15) is 10.2 Å². The van der Waals surface area contributed by atoms with Gasteiger partial charge < -0.3 is 14.9 Å². The quantitative estimate of drug-likeness (QED) is 0.760. The highest BCUT2D eigenvalue weighted by Crippen LogP contribution is 2.37. The molecule has 1 saturated carbocycles. The molecular weight excluding hydrogens is 228 g/mol. The Labute approximate surface area is 110 Å². The predicted molar refractivity (Wildman–Crippen MR) is 71.2 cm³/mol.